The summed E-state index contributed by atoms with van der Waals surface area (Å²) in [6, 6.07) is 0. The Morgan fingerprint density at radius 2 is 1.87 bits per heavy atom. The first-order chi connectivity index (χ1) is 10.4. The molecule has 0 aromatic heterocycles. The van der Waals surface area contributed by atoms with E-state index in [1.54, 1.807) is 6.08 Å². The molecule has 0 aliphatic rings. The fourth-order valence-electron chi connectivity index (χ4n) is 1.76. The number of hydroxylamine groups is 2. The third kappa shape index (κ3) is 6.35. The van der Waals surface area contributed by atoms with Gasteiger partial charge >= 0.3 is 0 Å². The molecule has 0 aromatic carbocycles. The number of aliphatic hydroxyl groups excluding tert-OH is 2. The maximum atomic E-state index is 12.0. The number of likely N-dealkylation sites (N-methyl/N-ethyl adjacent to an activating group) is 1. The van der Waals surface area contributed by atoms with Crippen molar-refractivity contribution in [1.29, 1.82) is 0 Å². The minimum absolute atomic E-state index is 0.0442. The fourth-order valence-corrected chi connectivity index (χ4v) is 3.13. The van der Waals surface area contributed by atoms with Gasteiger partial charge in [0, 0.05) is 7.05 Å². The third-order valence-electron chi connectivity index (χ3n) is 4.45. The van der Waals surface area contributed by atoms with Crippen molar-refractivity contribution in [2.75, 3.05) is 14.2 Å². The van der Waals surface area contributed by atoms with Crippen LogP contribution in [0, 0.1) is 0 Å². The van der Waals surface area contributed by atoms with Crippen LogP contribution in [0.15, 0.2) is 12.7 Å². The Labute approximate surface area is 141 Å². The van der Waals surface area contributed by atoms with Gasteiger partial charge in [0.25, 0.3) is 5.91 Å². The van der Waals surface area contributed by atoms with Gasteiger partial charge in [-0.1, -0.05) is 26.8 Å². The van der Waals surface area contributed by atoms with Crippen molar-refractivity contribution in [3.05, 3.63) is 12.7 Å². The average Bonchev–Trinajstić information content (AvgIpc) is 2.46. The second-order valence-electron chi connectivity index (χ2n) is 7.24. The SMILES string of the molecule is C=CCC[C@H](O[Si](C)(C)C(C)(C)C)[C@@H](O)[C@H](O)C(=O)N(C)OC. The van der Waals surface area contributed by atoms with Crippen LogP contribution in [-0.2, 0) is 14.1 Å². The first kappa shape index (κ1) is 22.3. The molecule has 0 fully saturated rings. The van der Waals surface area contributed by atoms with Crippen LogP contribution in [0.4, 0.5) is 0 Å². The molecule has 0 saturated carbocycles. The van der Waals surface area contributed by atoms with Crippen LogP contribution in [0.2, 0.25) is 18.1 Å². The van der Waals surface area contributed by atoms with Gasteiger partial charge in [-0.25, -0.2) is 5.06 Å². The minimum Gasteiger partial charge on any atom is -0.411 e. The number of carbonyl (C=O) groups excluding carboxylic acids is 1. The Kier molecular flexibility index (Phi) is 8.65. The minimum atomic E-state index is -2.16. The standard InChI is InChI=1S/C16H33NO5Si/c1-9-10-11-12(22-23(7,8)16(2,3)4)13(18)14(19)15(20)17(5)21-6/h9,12-14,18-19H,1,10-11H2,2-8H3/t12-,13+,14-/m0/s1. The van der Waals surface area contributed by atoms with Crippen molar-refractivity contribution >= 4 is 14.2 Å². The van der Waals surface area contributed by atoms with Crippen LogP contribution >= 0.6 is 0 Å². The van der Waals surface area contributed by atoms with Crippen LogP contribution < -0.4 is 0 Å². The van der Waals surface area contributed by atoms with Gasteiger partial charge in [-0.05, 0) is 31.0 Å². The van der Waals surface area contributed by atoms with E-state index < -0.39 is 32.5 Å². The van der Waals surface area contributed by atoms with Crippen LogP contribution in [-0.4, -0.2) is 62.0 Å². The summed E-state index contributed by atoms with van der Waals surface area (Å²) in [5.41, 5.74) is 0. The Morgan fingerprint density at radius 1 is 1.35 bits per heavy atom. The molecule has 6 nitrogen and oxygen atoms in total. The third-order valence-corrected chi connectivity index (χ3v) is 8.95. The molecule has 1 amide bonds. The van der Waals surface area contributed by atoms with E-state index in [9.17, 15) is 15.0 Å². The van der Waals surface area contributed by atoms with Crippen LogP contribution in [0.3, 0.4) is 0 Å². The van der Waals surface area contributed by atoms with Gasteiger partial charge in [-0.15, -0.1) is 6.58 Å². The van der Waals surface area contributed by atoms with E-state index in [0.29, 0.717) is 12.8 Å². The van der Waals surface area contributed by atoms with Gasteiger partial charge in [-0.2, -0.15) is 0 Å². The summed E-state index contributed by atoms with van der Waals surface area (Å²) in [6.07, 6.45) is -0.730. The van der Waals surface area contributed by atoms with Crippen molar-refractivity contribution in [3.8, 4) is 0 Å². The van der Waals surface area contributed by atoms with E-state index in [4.69, 9.17) is 9.26 Å². The first-order valence-corrected chi connectivity index (χ1v) is 10.8. The zero-order valence-corrected chi connectivity index (χ0v) is 16.5. The van der Waals surface area contributed by atoms with Crippen LogP contribution in [0.1, 0.15) is 33.6 Å². The molecule has 23 heavy (non-hydrogen) atoms. The second-order valence-corrected chi connectivity index (χ2v) is 12.0. The summed E-state index contributed by atoms with van der Waals surface area (Å²) in [5.74, 6) is -0.706. The lowest BCUT2D eigenvalue weighted by Crippen LogP contribution is -2.53. The van der Waals surface area contributed by atoms with E-state index >= 15 is 0 Å². The number of rotatable bonds is 9. The Bertz CT molecular complexity index is 394. The fraction of sp³-hybridized carbons (Fsp3) is 0.812. The van der Waals surface area contributed by atoms with E-state index in [1.807, 2.05) is 0 Å². The van der Waals surface area contributed by atoms with Gasteiger partial charge in [0.2, 0.25) is 0 Å². The Morgan fingerprint density at radius 3 is 2.26 bits per heavy atom. The maximum absolute atomic E-state index is 12.0. The van der Waals surface area contributed by atoms with Gasteiger partial charge in [0.05, 0.1) is 13.2 Å². The van der Waals surface area contributed by atoms with Gasteiger partial charge in [0.1, 0.15) is 6.10 Å². The lowest BCUT2D eigenvalue weighted by molar-refractivity contribution is -0.186. The molecule has 0 aliphatic carbocycles. The van der Waals surface area contributed by atoms with Crippen molar-refractivity contribution in [2.45, 2.75) is 70.1 Å². The highest BCUT2D eigenvalue weighted by Crippen LogP contribution is 2.38. The number of allylic oxidation sites excluding steroid dienone is 1. The zero-order valence-electron chi connectivity index (χ0n) is 15.5. The predicted molar refractivity (Wildman–Crippen MR) is 93.3 cm³/mol. The van der Waals surface area contributed by atoms with Crippen LogP contribution in [0.25, 0.3) is 0 Å². The molecule has 0 saturated heterocycles. The van der Waals surface area contributed by atoms with E-state index in [0.717, 1.165) is 5.06 Å². The molecular weight excluding hydrogens is 314 g/mol. The van der Waals surface area contributed by atoms with E-state index in [2.05, 4.69) is 40.4 Å². The average molecular weight is 348 g/mol. The molecule has 0 spiro atoms. The number of aliphatic hydroxyl groups is 2. The maximum Gasteiger partial charge on any atom is 0.277 e. The highest BCUT2D eigenvalue weighted by molar-refractivity contribution is 6.74. The molecular formula is C16H33NO5Si. The zero-order chi connectivity index (χ0) is 18.4. The van der Waals surface area contributed by atoms with Gasteiger partial charge < -0.3 is 14.6 Å². The number of hydrogen-bond donors (Lipinski definition) is 2. The highest BCUT2D eigenvalue weighted by atomic mass is 28.4. The Balaban J connectivity index is 5.23. The normalized spacial score (nSPS) is 16.6. The lowest BCUT2D eigenvalue weighted by atomic mass is 10.0. The van der Waals surface area contributed by atoms with Crippen molar-refractivity contribution in [1.82, 2.24) is 5.06 Å². The molecule has 0 aromatic rings. The van der Waals surface area contributed by atoms with Crippen molar-refractivity contribution in [2.24, 2.45) is 0 Å². The smallest absolute Gasteiger partial charge is 0.277 e. The summed E-state index contributed by atoms with van der Waals surface area (Å²) < 4.78 is 6.22. The molecule has 2 N–H and O–H groups in total. The molecule has 0 rings (SSSR count). The van der Waals surface area contributed by atoms with Crippen molar-refractivity contribution < 1.29 is 24.3 Å². The predicted octanol–water partition coefficient (Wildman–Crippen LogP) is 2.08. The molecule has 0 radical (unpaired) electrons. The first-order valence-electron chi connectivity index (χ1n) is 7.85. The number of amides is 1. The molecule has 7 heteroatoms. The molecule has 3 atom stereocenters. The number of carbonyl (C=O) groups is 1. The van der Waals surface area contributed by atoms with Crippen molar-refractivity contribution in [3.63, 3.8) is 0 Å². The quantitative estimate of drug-likeness (QED) is 0.379. The van der Waals surface area contributed by atoms with Crippen LogP contribution in [0.5, 0.6) is 0 Å². The molecule has 0 unspecified atom stereocenters. The highest BCUT2D eigenvalue weighted by Gasteiger charge is 2.42. The van der Waals surface area contributed by atoms with E-state index in [-0.39, 0.29) is 5.04 Å². The lowest BCUT2D eigenvalue weighted by Gasteiger charge is -2.41. The van der Waals surface area contributed by atoms with E-state index in [1.165, 1.54) is 14.2 Å². The summed E-state index contributed by atoms with van der Waals surface area (Å²) >= 11 is 0. The molecule has 0 aliphatic heterocycles. The largest absolute Gasteiger partial charge is 0.411 e. The number of nitrogens with zero attached hydrogens (tertiary/aromatic N) is 1. The monoisotopic (exact) mass is 347 g/mol. The topological polar surface area (TPSA) is 79.2 Å². The summed E-state index contributed by atoms with van der Waals surface area (Å²) in [5, 5.41) is 21.5. The second kappa shape index (κ2) is 8.94. The Hall–Kier alpha value is -0.733. The molecule has 0 heterocycles. The summed E-state index contributed by atoms with van der Waals surface area (Å²) in [6.45, 7) is 14.1. The molecule has 0 bridgehead atoms. The molecule has 136 valence electrons. The summed E-state index contributed by atoms with van der Waals surface area (Å²) in [4.78, 5) is 16.7. The number of hydrogen-bond acceptors (Lipinski definition) is 5. The van der Waals surface area contributed by atoms with Gasteiger partial charge in [-0.3, -0.25) is 9.63 Å². The summed E-state index contributed by atoms with van der Waals surface area (Å²) in [7, 11) is 0.540. The van der Waals surface area contributed by atoms with Gasteiger partial charge in [0.15, 0.2) is 14.4 Å².